The summed E-state index contributed by atoms with van der Waals surface area (Å²) >= 11 is 1.57. The molecule has 6 nitrogen and oxygen atoms in total. The van der Waals surface area contributed by atoms with Gasteiger partial charge in [0.15, 0.2) is 0 Å². The van der Waals surface area contributed by atoms with Crippen LogP contribution in [0.3, 0.4) is 0 Å². The highest BCUT2D eigenvalue weighted by atomic mass is 32.1. The van der Waals surface area contributed by atoms with Crippen LogP contribution in [-0.2, 0) is 17.8 Å². The molecule has 0 saturated carbocycles. The second-order valence-electron chi connectivity index (χ2n) is 6.67. The number of nitrogens with zero attached hydrogens (tertiary/aromatic N) is 3. The quantitative estimate of drug-likeness (QED) is 0.706. The van der Waals surface area contributed by atoms with Gasteiger partial charge in [0.05, 0.1) is 17.0 Å². The summed E-state index contributed by atoms with van der Waals surface area (Å²) in [7, 11) is 0. The average molecular weight is 382 g/mol. The Morgan fingerprint density at radius 3 is 2.96 bits per heavy atom. The summed E-state index contributed by atoms with van der Waals surface area (Å²) in [5, 5.41) is 4.95. The molecule has 0 bridgehead atoms. The number of amides is 1. The molecule has 1 saturated heterocycles. The van der Waals surface area contributed by atoms with Crippen LogP contribution in [0.1, 0.15) is 29.9 Å². The lowest BCUT2D eigenvalue weighted by Crippen LogP contribution is -2.25. The largest absolute Gasteiger partial charge is 0.440 e. The first-order valence-electron chi connectivity index (χ1n) is 9.16. The minimum Gasteiger partial charge on any atom is -0.440 e. The molecule has 140 valence electrons. The van der Waals surface area contributed by atoms with Crippen LogP contribution in [0.5, 0.6) is 0 Å². The van der Waals surface area contributed by atoms with Gasteiger partial charge in [-0.3, -0.25) is 4.79 Å². The zero-order chi connectivity index (χ0) is 18.6. The Labute approximate surface area is 162 Å². The molecular weight excluding hydrogens is 360 g/mol. The van der Waals surface area contributed by atoms with Gasteiger partial charge in [-0.05, 0) is 48.9 Å². The van der Waals surface area contributed by atoms with Crippen LogP contribution in [0.4, 0.5) is 5.82 Å². The number of hydrogen-bond acceptors (Lipinski definition) is 6. The van der Waals surface area contributed by atoms with Crippen molar-refractivity contribution in [2.75, 3.05) is 18.0 Å². The molecule has 1 aliphatic heterocycles. The Kier molecular flexibility index (Phi) is 5.20. The molecular formula is C20H22N4O2S. The maximum absolute atomic E-state index is 12.4. The van der Waals surface area contributed by atoms with Crippen molar-refractivity contribution in [1.82, 2.24) is 15.3 Å². The second-order valence-corrected chi connectivity index (χ2v) is 7.62. The summed E-state index contributed by atoms with van der Waals surface area (Å²) in [5.41, 5.74) is 1.74. The molecule has 3 aromatic heterocycles. The first-order chi connectivity index (χ1) is 13.2. The number of anilines is 1. The Morgan fingerprint density at radius 2 is 2.19 bits per heavy atom. The zero-order valence-corrected chi connectivity index (χ0v) is 16.1. The van der Waals surface area contributed by atoms with E-state index in [2.05, 4.69) is 26.3 Å². The summed E-state index contributed by atoms with van der Waals surface area (Å²) in [6.45, 7) is 4.44. The summed E-state index contributed by atoms with van der Waals surface area (Å²) in [6.07, 6.45) is 4.45. The van der Waals surface area contributed by atoms with Gasteiger partial charge < -0.3 is 14.6 Å². The van der Waals surface area contributed by atoms with Gasteiger partial charge in [-0.25, -0.2) is 9.97 Å². The number of hydrogen-bond donors (Lipinski definition) is 1. The fourth-order valence-electron chi connectivity index (χ4n) is 3.20. The van der Waals surface area contributed by atoms with Gasteiger partial charge >= 0.3 is 0 Å². The summed E-state index contributed by atoms with van der Waals surface area (Å²) in [5.74, 6) is 2.19. The second kappa shape index (κ2) is 7.92. The number of aromatic nitrogens is 2. The van der Waals surface area contributed by atoms with E-state index in [0.29, 0.717) is 23.9 Å². The van der Waals surface area contributed by atoms with E-state index in [0.717, 1.165) is 29.3 Å². The lowest BCUT2D eigenvalue weighted by molar-refractivity contribution is -0.120. The first-order valence-corrected chi connectivity index (χ1v) is 10.0. The molecule has 1 aliphatic rings. The van der Waals surface area contributed by atoms with E-state index in [9.17, 15) is 4.79 Å². The molecule has 0 aromatic carbocycles. The lowest BCUT2D eigenvalue weighted by atomic mass is 10.2. The number of pyridine rings is 1. The van der Waals surface area contributed by atoms with Crippen molar-refractivity contribution >= 4 is 23.1 Å². The number of nitrogens with one attached hydrogen (secondary N) is 1. The maximum atomic E-state index is 12.4. The van der Waals surface area contributed by atoms with E-state index in [4.69, 9.17) is 4.42 Å². The predicted octanol–water partition coefficient (Wildman–Crippen LogP) is 3.57. The van der Waals surface area contributed by atoms with Crippen LogP contribution in [0.2, 0.25) is 0 Å². The standard InChI is InChI=1S/C20H22N4O2S/c1-14-16(23-20(26-14)17-5-4-10-27-17)12-19(25)22-13-15-6-7-21-18(11-15)24-8-2-3-9-24/h4-7,10-11H,2-3,8-9,12-13H2,1H3,(H,22,25). The molecule has 4 heterocycles. The number of carbonyl (C=O) groups excluding carboxylic acids is 1. The fourth-order valence-corrected chi connectivity index (χ4v) is 3.85. The van der Waals surface area contributed by atoms with Crippen LogP contribution < -0.4 is 10.2 Å². The van der Waals surface area contributed by atoms with Crippen LogP contribution in [0.25, 0.3) is 10.8 Å². The van der Waals surface area contributed by atoms with Crippen molar-refractivity contribution < 1.29 is 9.21 Å². The molecule has 0 aliphatic carbocycles. The van der Waals surface area contributed by atoms with Gasteiger partial charge in [-0.1, -0.05) is 6.07 Å². The summed E-state index contributed by atoms with van der Waals surface area (Å²) < 4.78 is 5.70. The van der Waals surface area contributed by atoms with Gasteiger partial charge in [0.25, 0.3) is 0 Å². The monoisotopic (exact) mass is 382 g/mol. The molecule has 1 amide bonds. The van der Waals surface area contributed by atoms with Crippen LogP contribution in [0, 0.1) is 6.92 Å². The van der Waals surface area contributed by atoms with E-state index in [1.165, 1.54) is 12.8 Å². The fraction of sp³-hybridized carbons (Fsp3) is 0.350. The number of thiophene rings is 1. The van der Waals surface area contributed by atoms with E-state index >= 15 is 0 Å². The summed E-state index contributed by atoms with van der Waals surface area (Å²) in [4.78, 5) is 24.5. The molecule has 7 heteroatoms. The predicted molar refractivity (Wildman–Crippen MR) is 106 cm³/mol. The van der Waals surface area contributed by atoms with Crippen molar-refractivity contribution in [2.24, 2.45) is 0 Å². The SMILES string of the molecule is Cc1oc(-c2cccs2)nc1CC(=O)NCc1ccnc(N2CCCC2)c1. The summed E-state index contributed by atoms with van der Waals surface area (Å²) in [6, 6.07) is 7.91. The van der Waals surface area contributed by atoms with E-state index in [1.807, 2.05) is 36.7 Å². The molecule has 3 aromatic rings. The average Bonchev–Trinajstić information content (AvgIpc) is 3.43. The van der Waals surface area contributed by atoms with Crippen LogP contribution in [-0.4, -0.2) is 29.0 Å². The van der Waals surface area contributed by atoms with Crippen molar-refractivity contribution in [3.8, 4) is 10.8 Å². The van der Waals surface area contributed by atoms with Crippen molar-refractivity contribution in [1.29, 1.82) is 0 Å². The Bertz CT molecular complexity index is 914. The van der Waals surface area contributed by atoms with Gasteiger partial charge in [-0.2, -0.15) is 0 Å². The topological polar surface area (TPSA) is 71.3 Å². The minimum atomic E-state index is -0.0661. The highest BCUT2D eigenvalue weighted by Crippen LogP contribution is 2.26. The van der Waals surface area contributed by atoms with E-state index in [-0.39, 0.29) is 12.3 Å². The Hall–Kier alpha value is -2.67. The Balaban J connectivity index is 1.35. The molecule has 0 unspecified atom stereocenters. The van der Waals surface area contributed by atoms with E-state index in [1.54, 1.807) is 11.3 Å². The molecule has 0 atom stereocenters. The molecule has 1 N–H and O–H groups in total. The third-order valence-corrected chi connectivity index (χ3v) is 5.54. The van der Waals surface area contributed by atoms with Crippen LogP contribution in [0.15, 0.2) is 40.3 Å². The number of rotatable bonds is 6. The van der Waals surface area contributed by atoms with E-state index < -0.39 is 0 Å². The highest BCUT2D eigenvalue weighted by Gasteiger charge is 2.16. The van der Waals surface area contributed by atoms with Crippen molar-refractivity contribution in [3.63, 3.8) is 0 Å². The van der Waals surface area contributed by atoms with Gasteiger partial charge in [-0.15, -0.1) is 11.3 Å². The Morgan fingerprint density at radius 1 is 1.33 bits per heavy atom. The van der Waals surface area contributed by atoms with Crippen molar-refractivity contribution in [2.45, 2.75) is 32.7 Å². The molecule has 1 fully saturated rings. The van der Waals surface area contributed by atoms with Crippen molar-refractivity contribution in [3.05, 3.63) is 52.9 Å². The first kappa shape index (κ1) is 17.7. The number of oxazole rings is 1. The smallest absolute Gasteiger partial charge is 0.236 e. The highest BCUT2D eigenvalue weighted by molar-refractivity contribution is 7.13. The maximum Gasteiger partial charge on any atom is 0.236 e. The minimum absolute atomic E-state index is 0.0661. The molecule has 0 radical (unpaired) electrons. The molecule has 27 heavy (non-hydrogen) atoms. The third-order valence-electron chi connectivity index (χ3n) is 4.68. The molecule has 0 spiro atoms. The number of aryl methyl sites for hydroxylation is 1. The zero-order valence-electron chi connectivity index (χ0n) is 15.3. The van der Waals surface area contributed by atoms with Crippen LogP contribution >= 0.6 is 11.3 Å². The van der Waals surface area contributed by atoms with Gasteiger partial charge in [0.2, 0.25) is 11.8 Å². The lowest BCUT2D eigenvalue weighted by Gasteiger charge is -2.16. The number of carbonyl (C=O) groups is 1. The van der Waals surface area contributed by atoms with Gasteiger partial charge in [0, 0.05) is 25.8 Å². The third kappa shape index (κ3) is 4.19. The van der Waals surface area contributed by atoms with Gasteiger partial charge in [0.1, 0.15) is 11.6 Å². The normalized spacial score (nSPS) is 13.9. The molecule has 4 rings (SSSR count).